The van der Waals surface area contributed by atoms with Crippen molar-refractivity contribution in [1.29, 1.82) is 0 Å². The van der Waals surface area contributed by atoms with Gasteiger partial charge in [0.15, 0.2) is 0 Å². The van der Waals surface area contributed by atoms with Gasteiger partial charge in [0.2, 0.25) is 0 Å². The molecule has 0 bridgehead atoms. The molecule has 0 unspecified atom stereocenters. The summed E-state index contributed by atoms with van der Waals surface area (Å²) >= 11 is 0. The minimum atomic E-state index is 0.641. The van der Waals surface area contributed by atoms with Crippen LogP contribution in [0.4, 0.5) is 0 Å². The highest BCUT2D eigenvalue weighted by Gasteiger charge is 2.11. The van der Waals surface area contributed by atoms with Crippen LogP contribution in [0.25, 0.3) is 0 Å². The Morgan fingerprint density at radius 2 is 1.65 bits per heavy atom. The molecule has 1 aliphatic carbocycles. The van der Waals surface area contributed by atoms with Gasteiger partial charge in [-0.3, -0.25) is 0 Å². The number of rotatable bonds is 4. The molecule has 0 heterocycles. The van der Waals surface area contributed by atoms with Crippen LogP contribution in [0.1, 0.15) is 49.7 Å². The summed E-state index contributed by atoms with van der Waals surface area (Å²) in [6, 6.07) is 9.19. The molecule has 1 aromatic carbocycles. The molecule has 0 radical (unpaired) electrons. The Balaban J connectivity index is 1.87. The fourth-order valence-corrected chi connectivity index (χ4v) is 2.67. The number of nitrogens with one attached hydrogen (secondary N) is 1. The third-order valence-corrected chi connectivity index (χ3v) is 3.77. The van der Waals surface area contributed by atoms with E-state index in [1.165, 1.54) is 49.7 Å². The van der Waals surface area contributed by atoms with Gasteiger partial charge in [-0.15, -0.1) is 0 Å². The molecule has 1 fully saturated rings. The fraction of sp³-hybridized carbons (Fsp3) is 0.600. The average Bonchev–Trinajstić information content (AvgIpc) is 2.65. The Hall–Kier alpha value is -0.860. The van der Waals surface area contributed by atoms with Crippen molar-refractivity contribution in [3.63, 3.8) is 0 Å². The summed E-state index contributed by atoms with van der Waals surface area (Å²) in [6.45, 7) is 1.61. The first-order valence-corrected chi connectivity index (χ1v) is 6.90. The van der Waals surface area contributed by atoms with Gasteiger partial charge in [-0.05, 0) is 24.0 Å². The number of nitrogens with two attached hydrogens (primary N) is 1. The Labute approximate surface area is 105 Å². The van der Waals surface area contributed by atoms with E-state index in [2.05, 4.69) is 29.6 Å². The molecule has 3 N–H and O–H groups in total. The lowest BCUT2D eigenvalue weighted by molar-refractivity contribution is 0.458. The van der Waals surface area contributed by atoms with E-state index < -0.39 is 0 Å². The van der Waals surface area contributed by atoms with Crippen molar-refractivity contribution in [2.24, 2.45) is 5.73 Å². The molecule has 0 saturated heterocycles. The van der Waals surface area contributed by atoms with E-state index in [4.69, 9.17) is 5.73 Å². The van der Waals surface area contributed by atoms with E-state index in [0.29, 0.717) is 12.6 Å². The normalized spacial score (nSPS) is 17.9. The highest BCUT2D eigenvalue weighted by Crippen LogP contribution is 2.18. The smallest absolute Gasteiger partial charge is 0.0211 e. The molecule has 1 aliphatic rings. The van der Waals surface area contributed by atoms with Gasteiger partial charge in [0, 0.05) is 19.1 Å². The Morgan fingerprint density at radius 3 is 2.29 bits per heavy atom. The summed E-state index contributed by atoms with van der Waals surface area (Å²) in [6.07, 6.45) is 8.27. The second-order valence-electron chi connectivity index (χ2n) is 5.04. The predicted octanol–water partition coefficient (Wildman–Crippen LogP) is 2.96. The molecular formula is C15H24N2. The molecular weight excluding hydrogens is 208 g/mol. The molecule has 2 nitrogen and oxygen atoms in total. The average molecular weight is 232 g/mol. The molecule has 0 atom stereocenters. The molecule has 0 amide bonds. The summed E-state index contributed by atoms with van der Waals surface area (Å²) < 4.78 is 0. The van der Waals surface area contributed by atoms with E-state index in [9.17, 15) is 0 Å². The van der Waals surface area contributed by atoms with E-state index in [1.54, 1.807) is 0 Å². The second kappa shape index (κ2) is 6.77. The summed E-state index contributed by atoms with van der Waals surface area (Å²) in [5, 5.41) is 3.70. The van der Waals surface area contributed by atoms with Crippen LogP contribution < -0.4 is 11.1 Å². The minimum Gasteiger partial charge on any atom is -0.326 e. The largest absolute Gasteiger partial charge is 0.326 e. The molecule has 2 heteroatoms. The number of hydrogen-bond donors (Lipinski definition) is 2. The Kier molecular flexibility index (Phi) is 5.02. The van der Waals surface area contributed by atoms with E-state index in [1.807, 2.05) is 0 Å². The van der Waals surface area contributed by atoms with Gasteiger partial charge in [-0.25, -0.2) is 0 Å². The van der Waals surface area contributed by atoms with Gasteiger partial charge in [-0.2, -0.15) is 0 Å². The van der Waals surface area contributed by atoms with Crippen LogP contribution >= 0.6 is 0 Å². The van der Waals surface area contributed by atoms with Gasteiger partial charge in [-0.1, -0.05) is 49.9 Å². The van der Waals surface area contributed by atoms with E-state index in [-0.39, 0.29) is 0 Å². The van der Waals surface area contributed by atoms with Gasteiger partial charge >= 0.3 is 0 Å². The van der Waals surface area contributed by atoms with Crippen LogP contribution in [-0.4, -0.2) is 6.04 Å². The first-order chi connectivity index (χ1) is 8.40. The quantitative estimate of drug-likeness (QED) is 0.783. The molecule has 0 aliphatic heterocycles. The molecule has 1 saturated carbocycles. The maximum absolute atomic E-state index is 5.76. The van der Waals surface area contributed by atoms with Crippen molar-refractivity contribution < 1.29 is 0 Å². The zero-order valence-corrected chi connectivity index (χ0v) is 10.6. The van der Waals surface area contributed by atoms with Gasteiger partial charge in [0.25, 0.3) is 0 Å². The second-order valence-corrected chi connectivity index (χ2v) is 5.04. The summed E-state index contributed by atoms with van der Waals surface area (Å²) in [5.41, 5.74) is 8.39. The SMILES string of the molecule is NCc1ccccc1CNC1CCCCCC1. The summed E-state index contributed by atoms with van der Waals surface area (Å²) in [4.78, 5) is 0. The van der Waals surface area contributed by atoms with Crippen LogP contribution in [0.15, 0.2) is 24.3 Å². The van der Waals surface area contributed by atoms with Crippen LogP contribution in [0.5, 0.6) is 0 Å². The Morgan fingerprint density at radius 1 is 1.00 bits per heavy atom. The first-order valence-electron chi connectivity index (χ1n) is 6.90. The third kappa shape index (κ3) is 3.83. The third-order valence-electron chi connectivity index (χ3n) is 3.77. The molecule has 2 rings (SSSR count). The first kappa shape index (κ1) is 12.6. The summed E-state index contributed by atoms with van der Waals surface area (Å²) in [7, 11) is 0. The highest BCUT2D eigenvalue weighted by atomic mass is 14.9. The topological polar surface area (TPSA) is 38.0 Å². The van der Waals surface area contributed by atoms with Crippen LogP contribution in [0.2, 0.25) is 0 Å². The van der Waals surface area contributed by atoms with Gasteiger partial charge in [0.1, 0.15) is 0 Å². The molecule has 17 heavy (non-hydrogen) atoms. The van der Waals surface area contributed by atoms with Crippen molar-refractivity contribution in [2.45, 2.75) is 57.7 Å². The zero-order valence-electron chi connectivity index (χ0n) is 10.6. The molecule has 94 valence electrons. The number of benzene rings is 1. The predicted molar refractivity (Wildman–Crippen MR) is 72.7 cm³/mol. The van der Waals surface area contributed by atoms with Crippen molar-refractivity contribution in [2.75, 3.05) is 0 Å². The van der Waals surface area contributed by atoms with E-state index in [0.717, 1.165) is 6.54 Å². The number of hydrogen-bond acceptors (Lipinski definition) is 2. The Bertz CT molecular complexity index is 327. The van der Waals surface area contributed by atoms with Crippen molar-refractivity contribution in [3.05, 3.63) is 35.4 Å². The van der Waals surface area contributed by atoms with Crippen molar-refractivity contribution >= 4 is 0 Å². The lowest BCUT2D eigenvalue weighted by atomic mass is 10.1. The lowest BCUT2D eigenvalue weighted by Crippen LogP contribution is -2.28. The lowest BCUT2D eigenvalue weighted by Gasteiger charge is -2.17. The van der Waals surface area contributed by atoms with E-state index >= 15 is 0 Å². The minimum absolute atomic E-state index is 0.641. The monoisotopic (exact) mass is 232 g/mol. The van der Waals surface area contributed by atoms with Gasteiger partial charge in [0.05, 0.1) is 0 Å². The molecule has 0 spiro atoms. The van der Waals surface area contributed by atoms with Crippen LogP contribution in [0, 0.1) is 0 Å². The fourth-order valence-electron chi connectivity index (χ4n) is 2.67. The standard InChI is InChI=1S/C15H24N2/c16-11-13-7-5-6-8-14(13)12-17-15-9-3-1-2-4-10-15/h5-8,15,17H,1-4,9-12,16H2. The molecule has 0 aromatic heterocycles. The zero-order chi connectivity index (χ0) is 11.9. The maximum Gasteiger partial charge on any atom is 0.0211 e. The summed E-state index contributed by atoms with van der Waals surface area (Å²) in [5.74, 6) is 0. The van der Waals surface area contributed by atoms with Crippen LogP contribution in [0.3, 0.4) is 0 Å². The molecule has 1 aromatic rings. The van der Waals surface area contributed by atoms with Gasteiger partial charge < -0.3 is 11.1 Å². The van der Waals surface area contributed by atoms with Crippen molar-refractivity contribution in [1.82, 2.24) is 5.32 Å². The van der Waals surface area contributed by atoms with Crippen molar-refractivity contribution in [3.8, 4) is 0 Å². The maximum atomic E-state index is 5.76. The van der Waals surface area contributed by atoms with Crippen LogP contribution in [-0.2, 0) is 13.1 Å². The highest BCUT2D eigenvalue weighted by molar-refractivity contribution is 5.26.